The van der Waals surface area contributed by atoms with Gasteiger partial charge in [0.25, 0.3) is 0 Å². The van der Waals surface area contributed by atoms with Gasteiger partial charge >= 0.3 is 0 Å². The van der Waals surface area contributed by atoms with Gasteiger partial charge in [0.15, 0.2) is 0 Å². The van der Waals surface area contributed by atoms with Crippen molar-refractivity contribution in [3.05, 3.63) is 66.4 Å². The second-order valence-corrected chi connectivity index (χ2v) is 6.58. The van der Waals surface area contributed by atoms with E-state index in [2.05, 4.69) is 40.5 Å². The molecule has 3 rings (SSSR count). The zero-order valence-electron chi connectivity index (χ0n) is 16.5. The van der Waals surface area contributed by atoms with Gasteiger partial charge in [-0.1, -0.05) is 32.0 Å². The molecule has 6 nitrogen and oxygen atoms in total. The first-order valence-electron chi connectivity index (χ1n) is 9.35. The third kappa shape index (κ3) is 5.36. The lowest BCUT2D eigenvalue weighted by atomic mass is 10.0. The van der Waals surface area contributed by atoms with Crippen molar-refractivity contribution in [2.75, 3.05) is 30.9 Å². The van der Waals surface area contributed by atoms with Gasteiger partial charge in [-0.05, 0) is 47.9 Å². The minimum Gasteiger partial charge on any atom is -0.497 e. The summed E-state index contributed by atoms with van der Waals surface area (Å²) in [5.41, 5.74) is 2.26. The molecule has 2 aromatic carbocycles. The SMILES string of the molecule is COc1ccc(OCCNc2ccnc(Nc3ccccc3C(C)C)n2)cc1. The van der Waals surface area contributed by atoms with Crippen molar-refractivity contribution in [3.8, 4) is 11.5 Å². The van der Waals surface area contributed by atoms with E-state index in [9.17, 15) is 0 Å². The number of methoxy groups -OCH3 is 1. The topological polar surface area (TPSA) is 68.3 Å². The quantitative estimate of drug-likeness (QED) is 0.519. The normalized spacial score (nSPS) is 10.6. The maximum atomic E-state index is 5.72. The lowest BCUT2D eigenvalue weighted by molar-refractivity contribution is 0.331. The Kier molecular flexibility index (Phi) is 6.68. The van der Waals surface area contributed by atoms with Crippen molar-refractivity contribution >= 4 is 17.5 Å². The van der Waals surface area contributed by atoms with Gasteiger partial charge in [-0.2, -0.15) is 4.98 Å². The fourth-order valence-electron chi connectivity index (χ4n) is 2.77. The highest BCUT2D eigenvalue weighted by molar-refractivity contribution is 5.60. The van der Waals surface area contributed by atoms with Gasteiger partial charge in [0, 0.05) is 11.9 Å². The summed E-state index contributed by atoms with van der Waals surface area (Å²) in [6, 6.07) is 17.6. The first-order valence-corrected chi connectivity index (χ1v) is 9.35. The maximum Gasteiger partial charge on any atom is 0.229 e. The van der Waals surface area contributed by atoms with Crippen LogP contribution < -0.4 is 20.1 Å². The Bertz CT molecular complexity index is 882. The van der Waals surface area contributed by atoms with Crippen molar-refractivity contribution in [1.29, 1.82) is 0 Å². The Morgan fingerprint density at radius 2 is 1.71 bits per heavy atom. The van der Waals surface area contributed by atoms with E-state index in [0.29, 0.717) is 25.0 Å². The Hall–Kier alpha value is -3.28. The van der Waals surface area contributed by atoms with E-state index in [4.69, 9.17) is 9.47 Å². The molecule has 28 heavy (non-hydrogen) atoms. The molecule has 0 saturated heterocycles. The summed E-state index contributed by atoms with van der Waals surface area (Å²) in [5, 5.41) is 6.58. The molecule has 0 spiro atoms. The molecule has 1 aromatic heterocycles. The molecule has 0 aliphatic heterocycles. The molecule has 3 aromatic rings. The van der Waals surface area contributed by atoms with Crippen molar-refractivity contribution in [2.24, 2.45) is 0 Å². The third-order valence-corrected chi connectivity index (χ3v) is 4.22. The number of nitrogens with zero attached hydrogens (tertiary/aromatic N) is 2. The molecule has 0 atom stereocenters. The predicted molar refractivity (Wildman–Crippen MR) is 113 cm³/mol. The number of anilines is 3. The van der Waals surface area contributed by atoms with Crippen LogP contribution in [0.2, 0.25) is 0 Å². The molecule has 6 heteroatoms. The van der Waals surface area contributed by atoms with Crippen LogP contribution in [0.1, 0.15) is 25.3 Å². The zero-order chi connectivity index (χ0) is 19.8. The molecular weight excluding hydrogens is 352 g/mol. The van der Waals surface area contributed by atoms with Gasteiger partial charge in [0.05, 0.1) is 13.7 Å². The minimum atomic E-state index is 0.417. The van der Waals surface area contributed by atoms with E-state index in [1.54, 1.807) is 13.3 Å². The molecule has 0 amide bonds. The van der Waals surface area contributed by atoms with Crippen molar-refractivity contribution in [1.82, 2.24) is 9.97 Å². The van der Waals surface area contributed by atoms with Crippen LogP contribution in [0.3, 0.4) is 0 Å². The lowest BCUT2D eigenvalue weighted by Gasteiger charge is -2.14. The largest absolute Gasteiger partial charge is 0.497 e. The van der Waals surface area contributed by atoms with Gasteiger partial charge in [0.2, 0.25) is 5.95 Å². The van der Waals surface area contributed by atoms with E-state index in [-0.39, 0.29) is 0 Å². The summed E-state index contributed by atoms with van der Waals surface area (Å²) in [4.78, 5) is 8.85. The van der Waals surface area contributed by atoms with E-state index in [1.807, 2.05) is 48.5 Å². The van der Waals surface area contributed by atoms with Crippen LogP contribution in [0.25, 0.3) is 0 Å². The van der Waals surface area contributed by atoms with E-state index < -0.39 is 0 Å². The Morgan fingerprint density at radius 1 is 0.964 bits per heavy atom. The predicted octanol–water partition coefficient (Wildman–Crippen LogP) is 4.84. The fourth-order valence-corrected chi connectivity index (χ4v) is 2.77. The molecule has 0 saturated carbocycles. The molecule has 0 unspecified atom stereocenters. The van der Waals surface area contributed by atoms with Gasteiger partial charge in [0.1, 0.15) is 23.9 Å². The van der Waals surface area contributed by atoms with Crippen LogP contribution >= 0.6 is 0 Å². The number of benzene rings is 2. The molecular formula is C22H26N4O2. The molecule has 0 bridgehead atoms. The van der Waals surface area contributed by atoms with Gasteiger partial charge in [-0.25, -0.2) is 4.98 Å². The van der Waals surface area contributed by atoms with Crippen LogP contribution in [0.5, 0.6) is 11.5 Å². The van der Waals surface area contributed by atoms with Crippen molar-refractivity contribution in [3.63, 3.8) is 0 Å². The monoisotopic (exact) mass is 378 g/mol. The Labute approximate surface area is 166 Å². The average molecular weight is 378 g/mol. The zero-order valence-corrected chi connectivity index (χ0v) is 16.5. The average Bonchev–Trinajstić information content (AvgIpc) is 2.72. The third-order valence-electron chi connectivity index (χ3n) is 4.22. The van der Waals surface area contributed by atoms with Crippen LogP contribution in [0.4, 0.5) is 17.5 Å². The Morgan fingerprint density at radius 3 is 2.46 bits per heavy atom. The molecule has 2 N–H and O–H groups in total. The molecule has 1 heterocycles. The van der Waals surface area contributed by atoms with Gasteiger partial charge in [-0.15, -0.1) is 0 Å². The van der Waals surface area contributed by atoms with Crippen LogP contribution in [-0.4, -0.2) is 30.2 Å². The summed E-state index contributed by atoms with van der Waals surface area (Å²) >= 11 is 0. The first kappa shape index (κ1) is 19.5. The number of rotatable bonds is 9. The van der Waals surface area contributed by atoms with Gasteiger partial charge < -0.3 is 20.1 Å². The highest BCUT2D eigenvalue weighted by Crippen LogP contribution is 2.25. The summed E-state index contributed by atoms with van der Waals surface area (Å²) in [5.74, 6) is 3.34. The second-order valence-electron chi connectivity index (χ2n) is 6.58. The van der Waals surface area contributed by atoms with E-state index in [0.717, 1.165) is 23.0 Å². The van der Waals surface area contributed by atoms with E-state index in [1.165, 1.54) is 5.56 Å². The molecule has 146 valence electrons. The number of hydrogen-bond acceptors (Lipinski definition) is 6. The highest BCUT2D eigenvalue weighted by atomic mass is 16.5. The minimum absolute atomic E-state index is 0.417. The second kappa shape index (κ2) is 9.60. The summed E-state index contributed by atoms with van der Waals surface area (Å²) in [6.07, 6.45) is 1.74. The summed E-state index contributed by atoms with van der Waals surface area (Å²) in [6.45, 7) is 5.49. The number of ether oxygens (including phenoxy) is 2. The maximum absolute atomic E-state index is 5.72. The first-order chi connectivity index (χ1) is 13.7. The smallest absolute Gasteiger partial charge is 0.229 e. The van der Waals surface area contributed by atoms with Crippen LogP contribution in [0.15, 0.2) is 60.8 Å². The number of nitrogens with one attached hydrogen (secondary N) is 2. The van der Waals surface area contributed by atoms with Crippen molar-refractivity contribution < 1.29 is 9.47 Å². The number of hydrogen-bond donors (Lipinski definition) is 2. The molecule has 0 fully saturated rings. The molecule has 0 aliphatic carbocycles. The van der Waals surface area contributed by atoms with Crippen LogP contribution in [0, 0.1) is 0 Å². The summed E-state index contributed by atoms with van der Waals surface area (Å²) < 4.78 is 10.9. The highest BCUT2D eigenvalue weighted by Gasteiger charge is 2.07. The number of aromatic nitrogens is 2. The molecule has 0 radical (unpaired) electrons. The summed E-state index contributed by atoms with van der Waals surface area (Å²) in [7, 11) is 1.64. The van der Waals surface area contributed by atoms with E-state index >= 15 is 0 Å². The lowest BCUT2D eigenvalue weighted by Crippen LogP contribution is -2.13. The molecule has 0 aliphatic rings. The Balaban J connectivity index is 1.53. The van der Waals surface area contributed by atoms with Crippen molar-refractivity contribution in [2.45, 2.75) is 19.8 Å². The van der Waals surface area contributed by atoms with Gasteiger partial charge in [-0.3, -0.25) is 0 Å². The van der Waals surface area contributed by atoms with Crippen LogP contribution in [-0.2, 0) is 0 Å². The standard InChI is InChI=1S/C22H26N4O2/c1-16(2)19-6-4-5-7-20(19)25-22-24-13-12-21(26-22)23-14-15-28-18-10-8-17(27-3)9-11-18/h4-13,16H,14-15H2,1-3H3,(H2,23,24,25,26). The number of para-hydroxylation sites is 1. The fraction of sp³-hybridized carbons (Fsp3) is 0.273.